The van der Waals surface area contributed by atoms with E-state index in [1.807, 2.05) is 0 Å². The van der Waals surface area contributed by atoms with Crippen molar-refractivity contribution in [2.24, 2.45) is 0 Å². The summed E-state index contributed by atoms with van der Waals surface area (Å²) in [6.07, 6.45) is 0. The molecule has 0 radical (unpaired) electrons. The van der Waals surface area contributed by atoms with Gasteiger partial charge in [-0.2, -0.15) is 0 Å². The van der Waals surface area contributed by atoms with Crippen molar-refractivity contribution in [1.29, 1.82) is 0 Å². The molecule has 0 saturated heterocycles. The zero-order chi connectivity index (χ0) is 23.9. The normalized spacial score (nSPS) is 14.2. The van der Waals surface area contributed by atoms with E-state index in [-0.39, 0.29) is 21.9 Å². The highest BCUT2D eigenvalue weighted by atomic mass is 32.2. The fourth-order valence-electron chi connectivity index (χ4n) is 3.33. The van der Waals surface area contributed by atoms with Crippen LogP contribution in [-0.4, -0.2) is 42.2 Å². The highest BCUT2D eigenvalue weighted by Gasteiger charge is 2.40. The Hall–Kier alpha value is -3.99. The van der Waals surface area contributed by atoms with Crippen LogP contribution in [0.25, 0.3) is 0 Å². The molecule has 10 nitrogen and oxygen atoms in total. The highest BCUT2D eigenvalue weighted by molar-refractivity contribution is 7.92. The smallest absolute Gasteiger partial charge is 0.264 e. The van der Waals surface area contributed by atoms with Gasteiger partial charge in [0.05, 0.1) is 21.7 Å². The van der Waals surface area contributed by atoms with Gasteiger partial charge in [-0.3, -0.25) is 19.3 Å². The molecule has 1 aliphatic heterocycles. The van der Waals surface area contributed by atoms with Gasteiger partial charge in [0.25, 0.3) is 21.8 Å². The third-order valence-corrected chi connectivity index (χ3v) is 6.76. The number of nitrogens with zero attached hydrogens (tertiary/aromatic N) is 2. The summed E-state index contributed by atoms with van der Waals surface area (Å²) in [6.45, 7) is 4.82. The minimum atomic E-state index is -3.94. The molecular weight excluding hydrogens is 448 g/mol. The summed E-state index contributed by atoms with van der Waals surface area (Å²) in [5, 5.41) is 6.31. The summed E-state index contributed by atoms with van der Waals surface area (Å²) in [7, 11) is -3.94. The third kappa shape index (κ3) is 3.98. The molecule has 2 heterocycles. The SMILES string of the molecule is Cc1noc(NS(=O)(=O)c2ccc(NC(=O)[C@H](C)N3C(=O)c4ccccc4C3=O)cc2)c1C. The van der Waals surface area contributed by atoms with E-state index in [2.05, 4.69) is 15.2 Å². The summed E-state index contributed by atoms with van der Waals surface area (Å²) < 4.78 is 32.5. The Morgan fingerprint density at radius 3 is 2.09 bits per heavy atom. The molecule has 170 valence electrons. The molecule has 1 atom stereocenters. The molecule has 0 aliphatic carbocycles. The molecule has 11 heteroatoms. The summed E-state index contributed by atoms with van der Waals surface area (Å²) in [5.74, 6) is -1.64. The predicted octanol–water partition coefficient (Wildman–Crippen LogP) is 2.72. The zero-order valence-electron chi connectivity index (χ0n) is 17.9. The van der Waals surface area contributed by atoms with Crippen molar-refractivity contribution in [3.8, 4) is 0 Å². The van der Waals surface area contributed by atoms with Gasteiger partial charge in [0.2, 0.25) is 11.8 Å². The van der Waals surface area contributed by atoms with E-state index in [0.29, 0.717) is 16.9 Å². The van der Waals surface area contributed by atoms with Gasteiger partial charge >= 0.3 is 0 Å². The van der Waals surface area contributed by atoms with Gasteiger partial charge in [0, 0.05) is 11.3 Å². The van der Waals surface area contributed by atoms with Gasteiger partial charge < -0.3 is 9.84 Å². The first-order valence-electron chi connectivity index (χ1n) is 9.93. The molecule has 4 rings (SSSR count). The average molecular weight is 468 g/mol. The lowest BCUT2D eigenvalue weighted by Gasteiger charge is -2.21. The molecule has 3 amide bonds. The summed E-state index contributed by atoms with van der Waals surface area (Å²) >= 11 is 0. The largest absolute Gasteiger partial charge is 0.337 e. The van der Waals surface area contributed by atoms with Crippen LogP contribution >= 0.6 is 0 Å². The molecule has 1 aliphatic rings. The van der Waals surface area contributed by atoms with Crippen LogP contribution < -0.4 is 10.0 Å². The summed E-state index contributed by atoms with van der Waals surface area (Å²) in [5.41, 5.74) is 1.94. The number of aryl methyl sites for hydroxylation is 1. The number of imide groups is 1. The molecule has 2 N–H and O–H groups in total. The summed E-state index contributed by atoms with van der Waals surface area (Å²) in [6, 6.07) is 10.7. The Kier molecular flexibility index (Phi) is 5.50. The number of aromatic nitrogens is 1. The molecule has 0 saturated carbocycles. The predicted molar refractivity (Wildman–Crippen MR) is 118 cm³/mol. The number of benzene rings is 2. The van der Waals surface area contributed by atoms with Crippen LogP contribution in [0.4, 0.5) is 11.6 Å². The zero-order valence-corrected chi connectivity index (χ0v) is 18.8. The first-order chi connectivity index (χ1) is 15.6. The van der Waals surface area contributed by atoms with Gasteiger partial charge in [-0.25, -0.2) is 13.1 Å². The topological polar surface area (TPSA) is 139 Å². The quantitative estimate of drug-likeness (QED) is 0.530. The number of rotatable bonds is 6. The molecule has 0 unspecified atom stereocenters. The number of nitrogens with one attached hydrogen (secondary N) is 2. The molecule has 0 bridgehead atoms. The standard InChI is InChI=1S/C22H20N4O6S/c1-12-13(2)24-32-20(12)25-33(30,31)16-10-8-15(9-11-16)23-19(27)14(3)26-21(28)17-6-4-5-7-18(17)22(26)29/h4-11,14,25H,1-3H3,(H,23,27)/t14-/m0/s1. The molecular formula is C22H20N4O6S. The van der Waals surface area contributed by atoms with E-state index in [1.165, 1.54) is 43.3 Å². The van der Waals surface area contributed by atoms with E-state index in [4.69, 9.17) is 4.52 Å². The number of anilines is 2. The number of amides is 3. The number of carbonyl (C=O) groups excluding carboxylic acids is 3. The average Bonchev–Trinajstić information content (AvgIpc) is 3.24. The molecule has 1 aromatic heterocycles. The minimum absolute atomic E-state index is 0.0275. The number of carbonyl (C=O) groups is 3. The second-order valence-electron chi connectivity index (χ2n) is 7.54. The van der Waals surface area contributed by atoms with E-state index in [1.54, 1.807) is 26.0 Å². The lowest BCUT2D eigenvalue weighted by molar-refractivity contribution is -0.119. The van der Waals surface area contributed by atoms with Gasteiger partial charge in [-0.05, 0) is 57.2 Å². The van der Waals surface area contributed by atoms with Gasteiger partial charge in [-0.1, -0.05) is 17.3 Å². The molecule has 3 aromatic rings. The van der Waals surface area contributed by atoms with Crippen LogP contribution in [0.5, 0.6) is 0 Å². The summed E-state index contributed by atoms with van der Waals surface area (Å²) in [4.78, 5) is 38.7. The van der Waals surface area contributed by atoms with Crippen molar-refractivity contribution in [2.75, 3.05) is 10.0 Å². The van der Waals surface area contributed by atoms with Crippen LogP contribution in [0, 0.1) is 13.8 Å². The van der Waals surface area contributed by atoms with Gasteiger partial charge in [0.15, 0.2) is 0 Å². The number of hydrogen-bond acceptors (Lipinski definition) is 7. The van der Waals surface area contributed by atoms with E-state index >= 15 is 0 Å². The molecule has 0 spiro atoms. The fourth-order valence-corrected chi connectivity index (χ4v) is 4.38. The Morgan fingerprint density at radius 1 is 1.00 bits per heavy atom. The van der Waals surface area contributed by atoms with Crippen molar-refractivity contribution in [3.63, 3.8) is 0 Å². The van der Waals surface area contributed by atoms with Crippen LogP contribution in [0.15, 0.2) is 57.9 Å². The first kappa shape index (κ1) is 22.2. The monoisotopic (exact) mass is 468 g/mol. The van der Waals surface area contributed by atoms with Crippen LogP contribution in [0.3, 0.4) is 0 Å². The van der Waals surface area contributed by atoms with E-state index < -0.39 is 33.8 Å². The van der Waals surface area contributed by atoms with Gasteiger partial charge in [-0.15, -0.1) is 0 Å². The first-order valence-corrected chi connectivity index (χ1v) is 11.4. The highest BCUT2D eigenvalue weighted by Crippen LogP contribution is 2.26. The van der Waals surface area contributed by atoms with E-state index in [0.717, 1.165) is 4.90 Å². The van der Waals surface area contributed by atoms with Crippen molar-refractivity contribution in [3.05, 3.63) is 70.9 Å². The number of sulfonamides is 1. The Labute approximate surface area is 189 Å². The van der Waals surface area contributed by atoms with Gasteiger partial charge in [0.1, 0.15) is 6.04 Å². The Bertz CT molecular complexity index is 1340. The molecule has 33 heavy (non-hydrogen) atoms. The van der Waals surface area contributed by atoms with Crippen LogP contribution in [0.1, 0.15) is 38.9 Å². The fraction of sp³-hybridized carbons (Fsp3) is 0.182. The maximum atomic E-state index is 12.7. The van der Waals surface area contributed by atoms with Crippen molar-refractivity contribution < 1.29 is 27.3 Å². The van der Waals surface area contributed by atoms with Crippen molar-refractivity contribution >= 4 is 39.3 Å². The Balaban J connectivity index is 1.46. The van der Waals surface area contributed by atoms with Crippen molar-refractivity contribution in [1.82, 2.24) is 10.1 Å². The third-order valence-electron chi connectivity index (χ3n) is 5.41. The maximum absolute atomic E-state index is 12.7. The lowest BCUT2D eigenvalue weighted by Crippen LogP contribution is -2.45. The molecule has 2 aromatic carbocycles. The van der Waals surface area contributed by atoms with Crippen LogP contribution in [-0.2, 0) is 14.8 Å². The minimum Gasteiger partial charge on any atom is -0.337 e. The van der Waals surface area contributed by atoms with E-state index in [9.17, 15) is 22.8 Å². The van der Waals surface area contributed by atoms with Crippen molar-refractivity contribution in [2.45, 2.75) is 31.7 Å². The second-order valence-corrected chi connectivity index (χ2v) is 9.23. The lowest BCUT2D eigenvalue weighted by atomic mass is 10.1. The molecule has 0 fully saturated rings. The second kappa shape index (κ2) is 8.17. The number of hydrogen-bond donors (Lipinski definition) is 2. The number of fused-ring (bicyclic) bond motifs is 1. The van der Waals surface area contributed by atoms with Crippen LogP contribution in [0.2, 0.25) is 0 Å². The Morgan fingerprint density at radius 2 is 1.58 bits per heavy atom. The maximum Gasteiger partial charge on any atom is 0.264 e.